The van der Waals surface area contributed by atoms with Crippen LogP contribution < -0.4 is 11.1 Å². The van der Waals surface area contributed by atoms with Gasteiger partial charge in [-0.3, -0.25) is 4.79 Å². The van der Waals surface area contributed by atoms with Crippen LogP contribution in [0.1, 0.15) is 51.3 Å². The van der Waals surface area contributed by atoms with Gasteiger partial charge in [0.15, 0.2) is 0 Å². The summed E-state index contributed by atoms with van der Waals surface area (Å²) in [6.07, 6.45) is -4.05. The van der Waals surface area contributed by atoms with Crippen molar-refractivity contribution in [2.24, 2.45) is 11.1 Å². The first-order chi connectivity index (χ1) is 11.4. The summed E-state index contributed by atoms with van der Waals surface area (Å²) in [5.41, 5.74) is 4.60. The number of nitrogens with two attached hydrogens (primary N) is 1. The number of nitrogens with one attached hydrogen (secondary N) is 1. The fourth-order valence-electron chi connectivity index (χ4n) is 3.19. The molecule has 4 nitrogen and oxygen atoms in total. The van der Waals surface area contributed by atoms with Crippen LogP contribution in [0.4, 0.5) is 13.2 Å². The van der Waals surface area contributed by atoms with Gasteiger partial charge < -0.3 is 15.8 Å². The van der Waals surface area contributed by atoms with E-state index < -0.39 is 28.7 Å². The highest BCUT2D eigenvalue weighted by molar-refractivity contribution is 5.89. The molecule has 0 spiro atoms. The molecule has 3 N–H and O–H groups in total. The monoisotopic (exact) mass is 394 g/mol. The van der Waals surface area contributed by atoms with Gasteiger partial charge in [0.05, 0.1) is 17.7 Å². The second kappa shape index (κ2) is 7.74. The van der Waals surface area contributed by atoms with Gasteiger partial charge in [-0.05, 0) is 31.5 Å². The van der Waals surface area contributed by atoms with Crippen LogP contribution in [0.3, 0.4) is 0 Å². The summed E-state index contributed by atoms with van der Waals surface area (Å²) in [5, 5.41) is 2.81. The molecule has 1 aromatic rings. The molecule has 0 aromatic heterocycles. The molecule has 0 radical (unpaired) electrons. The van der Waals surface area contributed by atoms with Gasteiger partial charge >= 0.3 is 6.18 Å². The number of carbonyl (C=O) groups excluding carboxylic acids is 1. The largest absolute Gasteiger partial charge is 0.416 e. The van der Waals surface area contributed by atoms with Crippen LogP contribution in [0, 0.1) is 5.41 Å². The highest BCUT2D eigenvalue weighted by Gasteiger charge is 2.62. The molecule has 0 aliphatic heterocycles. The van der Waals surface area contributed by atoms with E-state index >= 15 is 0 Å². The molecular formula is C18H26ClF3N2O2. The van der Waals surface area contributed by atoms with Gasteiger partial charge in [0.25, 0.3) is 0 Å². The number of alkyl halides is 3. The molecule has 0 saturated heterocycles. The third-order valence-corrected chi connectivity index (χ3v) is 5.32. The van der Waals surface area contributed by atoms with E-state index in [2.05, 4.69) is 5.32 Å². The lowest BCUT2D eigenvalue weighted by Gasteiger charge is -2.57. The van der Waals surface area contributed by atoms with Crippen LogP contribution in [-0.4, -0.2) is 24.2 Å². The van der Waals surface area contributed by atoms with Crippen molar-refractivity contribution < 1.29 is 22.7 Å². The van der Waals surface area contributed by atoms with Gasteiger partial charge in [-0.2, -0.15) is 13.2 Å². The second-order valence-corrected chi connectivity index (χ2v) is 7.16. The molecule has 3 unspecified atom stereocenters. The maximum absolute atomic E-state index is 12.7. The highest BCUT2D eigenvalue weighted by atomic mass is 35.5. The zero-order chi connectivity index (χ0) is 19.0. The molecule has 1 aliphatic carbocycles. The Balaban J connectivity index is 0.00000338. The lowest BCUT2D eigenvalue weighted by atomic mass is 9.54. The molecule has 2 rings (SSSR count). The molecule has 1 fully saturated rings. The molecule has 148 valence electrons. The molecule has 8 heteroatoms. The van der Waals surface area contributed by atoms with Crippen molar-refractivity contribution in [2.45, 2.75) is 58.0 Å². The van der Waals surface area contributed by atoms with E-state index in [0.717, 1.165) is 12.1 Å². The predicted molar refractivity (Wildman–Crippen MR) is 96.0 cm³/mol. The number of ether oxygens (including phenoxy) is 1. The van der Waals surface area contributed by atoms with Gasteiger partial charge in [-0.15, -0.1) is 12.4 Å². The molecule has 1 saturated carbocycles. The number of rotatable bonds is 5. The minimum Gasteiger partial charge on any atom is -0.378 e. The van der Waals surface area contributed by atoms with E-state index in [1.54, 1.807) is 6.92 Å². The summed E-state index contributed by atoms with van der Waals surface area (Å²) in [6.45, 7) is 7.93. The van der Waals surface area contributed by atoms with Gasteiger partial charge in [0.2, 0.25) is 5.91 Å². The van der Waals surface area contributed by atoms with Crippen LogP contribution in [0.2, 0.25) is 0 Å². The summed E-state index contributed by atoms with van der Waals surface area (Å²) >= 11 is 0. The maximum atomic E-state index is 12.7. The Labute approximate surface area is 158 Å². The van der Waals surface area contributed by atoms with E-state index in [1.807, 2.05) is 20.8 Å². The van der Waals surface area contributed by atoms with Gasteiger partial charge in [-0.1, -0.05) is 26.0 Å². The van der Waals surface area contributed by atoms with E-state index in [1.165, 1.54) is 12.1 Å². The summed E-state index contributed by atoms with van der Waals surface area (Å²) in [6, 6.07) is 4.30. The van der Waals surface area contributed by atoms with Gasteiger partial charge in [0, 0.05) is 18.4 Å². The Bertz CT molecular complexity index is 634. The normalized spacial score (nSPS) is 25.6. The predicted octanol–water partition coefficient (Wildman–Crippen LogP) is 3.84. The molecule has 1 aliphatic rings. The second-order valence-electron chi connectivity index (χ2n) is 7.16. The fourth-order valence-corrected chi connectivity index (χ4v) is 3.19. The summed E-state index contributed by atoms with van der Waals surface area (Å²) in [7, 11) is 0. The zero-order valence-corrected chi connectivity index (χ0v) is 16.1. The van der Waals surface area contributed by atoms with Crippen LogP contribution in [0.15, 0.2) is 24.3 Å². The molecule has 0 heterocycles. The van der Waals surface area contributed by atoms with Crippen molar-refractivity contribution in [3.05, 3.63) is 35.4 Å². The van der Waals surface area contributed by atoms with E-state index in [-0.39, 0.29) is 24.4 Å². The summed E-state index contributed by atoms with van der Waals surface area (Å²) in [4.78, 5) is 12.7. The minimum absolute atomic E-state index is 0. The first-order valence-corrected chi connectivity index (χ1v) is 8.32. The lowest BCUT2D eigenvalue weighted by molar-refractivity contribution is -0.171. The van der Waals surface area contributed by atoms with Crippen molar-refractivity contribution in [1.29, 1.82) is 0 Å². The van der Waals surface area contributed by atoms with Crippen LogP contribution in [-0.2, 0) is 15.7 Å². The van der Waals surface area contributed by atoms with E-state index in [4.69, 9.17) is 10.5 Å². The summed E-state index contributed by atoms with van der Waals surface area (Å²) in [5.74, 6) is -0.319. The van der Waals surface area contributed by atoms with Crippen molar-refractivity contribution >= 4 is 18.3 Å². The molecular weight excluding hydrogens is 369 g/mol. The Morgan fingerprint density at radius 3 is 2.31 bits per heavy atom. The van der Waals surface area contributed by atoms with Gasteiger partial charge in [-0.25, -0.2) is 0 Å². The van der Waals surface area contributed by atoms with Gasteiger partial charge in [0.1, 0.15) is 5.54 Å². The first-order valence-electron chi connectivity index (χ1n) is 8.32. The molecule has 3 atom stereocenters. The topological polar surface area (TPSA) is 64.3 Å². The quantitative estimate of drug-likeness (QED) is 0.797. The summed E-state index contributed by atoms with van der Waals surface area (Å²) < 4.78 is 43.5. The van der Waals surface area contributed by atoms with E-state index in [0.29, 0.717) is 18.6 Å². The number of carbonyl (C=O) groups is 1. The average Bonchev–Trinajstić information content (AvgIpc) is 2.53. The highest BCUT2D eigenvalue weighted by Crippen LogP contribution is 2.50. The smallest absolute Gasteiger partial charge is 0.378 e. The molecule has 0 bridgehead atoms. The number of hydrogen-bond acceptors (Lipinski definition) is 3. The Morgan fingerprint density at radius 1 is 1.35 bits per heavy atom. The lowest BCUT2D eigenvalue weighted by Crippen LogP contribution is -2.75. The standard InChI is InChI=1S/C18H25F3N2O2.ClH/c1-5-25-14-10-17(22,16(14,3)4)15(24)23-11(2)12-6-8-13(9-7-12)18(19,20)21;/h6-9,11,14H,5,10,22H2,1-4H3,(H,23,24);1H. The zero-order valence-electron chi connectivity index (χ0n) is 15.3. The van der Waals surface area contributed by atoms with E-state index in [9.17, 15) is 18.0 Å². The minimum atomic E-state index is -4.38. The number of benzene rings is 1. The van der Waals surface area contributed by atoms with Crippen molar-refractivity contribution in [1.82, 2.24) is 5.32 Å². The number of halogens is 4. The Kier molecular flexibility index (Phi) is 6.77. The third-order valence-electron chi connectivity index (χ3n) is 5.32. The number of hydrogen-bond donors (Lipinski definition) is 2. The van der Waals surface area contributed by atoms with Crippen molar-refractivity contribution in [3.63, 3.8) is 0 Å². The van der Waals surface area contributed by atoms with Crippen molar-refractivity contribution in [3.8, 4) is 0 Å². The van der Waals surface area contributed by atoms with Crippen LogP contribution in [0.5, 0.6) is 0 Å². The Hall–Kier alpha value is -1.31. The third kappa shape index (κ3) is 4.00. The van der Waals surface area contributed by atoms with Crippen LogP contribution >= 0.6 is 12.4 Å². The maximum Gasteiger partial charge on any atom is 0.416 e. The fraction of sp³-hybridized carbons (Fsp3) is 0.611. The average molecular weight is 395 g/mol. The molecule has 1 amide bonds. The van der Waals surface area contributed by atoms with Crippen LogP contribution in [0.25, 0.3) is 0 Å². The molecule has 26 heavy (non-hydrogen) atoms. The first kappa shape index (κ1) is 22.7. The molecule has 1 aromatic carbocycles. The SMILES string of the molecule is CCOC1CC(N)(C(=O)NC(C)c2ccc(C(F)(F)F)cc2)C1(C)C.Cl. The number of amides is 1. The Morgan fingerprint density at radius 2 is 1.88 bits per heavy atom. The van der Waals surface area contributed by atoms with Crippen molar-refractivity contribution in [2.75, 3.05) is 6.61 Å².